The van der Waals surface area contributed by atoms with E-state index in [9.17, 15) is 13.5 Å². The van der Waals surface area contributed by atoms with Crippen LogP contribution in [-0.2, 0) is 10.0 Å². The Labute approximate surface area is 88.1 Å². The van der Waals surface area contributed by atoms with Crippen LogP contribution in [-0.4, -0.2) is 25.3 Å². The second kappa shape index (κ2) is 3.96. The predicted octanol–water partition coefficient (Wildman–Crippen LogP) is 0.395. The zero-order valence-electron chi connectivity index (χ0n) is 8.09. The topological polar surface area (TPSA) is 79.5 Å². The van der Waals surface area contributed by atoms with Crippen molar-refractivity contribution in [1.29, 1.82) is 0 Å². The smallest absolute Gasteiger partial charge is 0.214 e. The van der Waals surface area contributed by atoms with Crippen LogP contribution in [0.1, 0.15) is 24.5 Å². The molecule has 0 aliphatic heterocycles. The summed E-state index contributed by atoms with van der Waals surface area (Å²) >= 11 is 0. The molecule has 0 radical (unpaired) electrons. The lowest BCUT2D eigenvalue weighted by molar-refractivity contribution is 0.181. The van der Waals surface area contributed by atoms with Crippen molar-refractivity contribution in [1.82, 2.24) is 4.72 Å². The Bertz CT molecular complexity index is 407. The first kappa shape index (κ1) is 10.7. The Morgan fingerprint density at radius 3 is 2.87 bits per heavy atom. The van der Waals surface area contributed by atoms with Crippen molar-refractivity contribution in [2.45, 2.75) is 24.2 Å². The number of aliphatic hydroxyl groups is 1. The average Bonchev–Trinajstić information content (AvgIpc) is 2.92. The van der Waals surface area contributed by atoms with Crippen molar-refractivity contribution in [3.05, 3.63) is 24.2 Å². The maximum absolute atomic E-state index is 11.4. The number of aliphatic hydroxyl groups excluding tert-OH is 1. The Kier molecular flexibility index (Phi) is 2.81. The van der Waals surface area contributed by atoms with Gasteiger partial charge in [-0.2, -0.15) is 0 Å². The molecule has 0 aromatic carbocycles. The molecule has 1 aliphatic rings. The largest absolute Gasteiger partial charge is 0.472 e. The minimum atomic E-state index is -3.21. The van der Waals surface area contributed by atoms with Gasteiger partial charge < -0.3 is 9.52 Å². The fourth-order valence-corrected chi connectivity index (χ4v) is 2.66. The Morgan fingerprint density at radius 1 is 1.60 bits per heavy atom. The van der Waals surface area contributed by atoms with Gasteiger partial charge in [0.15, 0.2) is 0 Å². The first-order valence-corrected chi connectivity index (χ1v) is 6.33. The number of rotatable bonds is 5. The van der Waals surface area contributed by atoms with Crippen molar-refractivity contribution in [3.8, 4) is 0 Å². The van der Waals surface area contributed by atoms with Gasteiger partial charge in [-0.05, 0) is 18.9 Å². The molecule has 6 heteroatoms. The summed E-state index contributed by atoms with van der Waals surface area (Å²) < 4.78 is 30.0. The fourth-order valence-electron chi connectivity index (χ4n) is 1.27. The molecule has 0 bridgehead atoms. The molecule has 84 valence electrons. The predicted molar refractivity (Wildman–Crippen MR) is 53.6 cm³/mol. The average molecular weight is 231 g/mol. The molecule has 1 fully saturated rings. The van der Waals surface area contributed by atoms with Crippen LogP contribution in [0.3, 0.4) is 0 Å². The minimum absolute atomic E-state index is 0.00162. The van der Waals surface area contributed by atoms with E-state index in [0.29, 0.717) is 5.56 Å². The van der Waals surface area contributed by atoms with Crippen LogP contribution in [0.2, 0.25) is 0 Å². The molecule has 5 nitrogen and oxygen atoms in total. The van der Waals surface area contributed by atoms with E-state index in [1.165, 1.54) is 12.5 Å². The molecular weight excluding hydrogens is 218 g/mol. The van der Waals surface area contributed by atoms with Crippen LogP contribution in [0, 0.1) is 0 Å². The first-order valence-electron chi connectivity index (χ1n) is 4.78. The van der Waals surface area contributed by atoms with Crippen LogP contribution in [0.15, 0.2) is 23.0 Å². The van der Waals surface area contributed by atoms with E-state index in [1.807, 2.05) is 0 Å². The van der Waals surface area contributed by atoms with E-state index in [4.69, 9.17) is 4.42 Å². The standard InChI is InChI=1S/C9H13NO4S/c11-9(7-3-4-14-6-7)5-10-15(12,13)8-1-2-8/h3-4,6,8-11H,1-2,5H2. The summed E-state index contributed by atoms with van der Waals surface area (Å²) in [5, 5.41) is 9.33. The number of hydrogen-bond donors (Lipinski definition) is 2. The van der Waals surface area contributed by atoms with E-state index in [0.717, 1.165) is 12.8 Å². The van der Waals surface area contributed by atoms with Gasteiger partial charge in [0.1, 0.15) is 0 Å². The Morgan fingerprint density at radius 2 is 2.33 bits per heavy atom. The molecule has 1 atom stereocenters. The molecule has 1 aromatic rings. The molecule has 1 heterocycles. The van der Waals surface area contributed by atoms with Crippen molar-refractivity contribution >= 4 is 10.0 Å². The van der Waals surface area contributed by atoms with Gasteiger partial charge >= 0.3 is 0 Å². The van der Waals surface area contributed by atoms with Gasteiger partial charge in [0.25, 0.3) is 0 Å². The quantitative estimate of drug-likeness (QED) is 0.768. The lowest BCUT2D eigenvalue weighted by Crippen LogP contribution is -2.31. The van der Waals surface area contributed by atoms with Crippen molar-refractivity contribution in [3.63, 3.8) is 0 Å². The Hall–Kier alpha value is -0.850. The summed E-state index contributed by atoms with van der Waals surface area (Å²) in [6.45, 7) is -0.00162. The molecule has 15 heavy (non-hydrogen) atoms. The third-order valence-electron chi connectivity index (χ3n) is 2.37. The zero-order valence-corrected chi connectivity index (χ0v) is 8.90. The molecular formula is C9H13NO4S. The van der Waals surface area contributed by atoms with Gasteiger partial charge in [-0.3, -0.25) is 0 Å². The van der Waals surface area contributed by atoms with E-state index >= 15 is 0 Å². The highest BCUT2D eigenvalue weighted by Crippen LogP contribution is 2.27. The molecule has 0 amide bonds. The normalized spacial score (nSPS) is 19.0. The second-order valence-corrected chi connectivity index (χ2v) is 5.71. The molecule has 2 rings (SSSR count). The van der Waals surface area contributed by atoms with Gasteiger partial charge in [-0.1, -0.05) is 0 Å². The molecule has 0 saturated heterocycles. The van der Waals surface area contributed by atoms with Crippen molar-refractivity contribution in [2.24, 2.45) is 0 Å². The third kappa shape index (κ3) is 2.58. The summed E-state index contributed by atoms with van der Waals surface area (Å²) in [6.07, 6.45) is 3.43. The van der Waals surface area contributed by atoms with Gasteiger partial charge in [-0.15, -0.1) is 0 Å². The van der Waals surface area contributed by atoms with E-state index in [-0.39, 0.29) is 11.8 Å². The van der Waals surface area contributed by atoms with E-state index in [2.05, 4.69) is 4.72 Å². The summed E-state index contributed by atoms with van der Waals surface area (Å²) in [5.74, 6) is 0. The molecule has 1 aromatic heterocycles. The lowest BCUT2D eigenvalue weighted by atomic mass is 10.2. The zero-order chi connectivity index (χ0) is 10.9. The Balaban J connectivity index is 1.88. The summed E-state index contributed by atoms with van der Waals surface area (Å²) in [5.41, 5.74) is 0.577. The SMILES string of the molecule is O=S(=O)(NCC(O)c1ccoc1)C1CC1. The van der Waals surface area contributed by atoms with Crippen LogP contribution in [0.5, 0.6) is 0 Å². The van der Waals surface area contributed by atoms with E-state index < -0.39 is 16.1 Å². The monoisotopic (exact) mass is 231 g/mol. The van der Waals surface area contributed by atoms with Crippen LogP contribution >= 0.6 is 0 Å². The summed E-state index contributed by atoms with van der Waals surface area (Å²) in [4.78, 5) is 0. The van der Waals surface area contributed by atoms with Crippen LogP contribution in [0.25, 0.3) is 0 Å². The molecule has 1 aliphatic carbocycles. The number of sulfonamides is 1. The molecule has 0 spiro atoms. The second-order valence-electron chi connectivity index (χ2n) is 3.67. The summed E-state index contributed by atoms with van der Waals surface area (Å²) in [6, 6.07) is 1.61. The van der Waals surface area contributed by atoms with E-state index in [1.54, 1.807) is 6.07 Å². The third-order valence-corrected chi connectivity index (χ3v) is 4.29. The highest BCUT2D eigenvalue weighted by atomic mass is 32.2. The fraction of sp³-hybridized carbons (Fsp3) is 0.556. The highest BCUT2D eigenvalue weighted by Gasteiger charge is 2.35. The maximum atomic E-state index is 11.4. The van der Waals surface area contributed by atoms with Crippen LogP contribution < -0.4 is 4.72 Å². The number of nitrogens with one attached hydrogen (secondary N) is 1. The van der Waals surface area contributed by atoms with Gasteiger partial charge in [0.05, 0.1) is 23.9 Å². The first-order chi connectivity index (χ1) is 7.09. The number of hydrogen-bond acceptors (Lipinski definition) is 4. The molecule has 2 N–H and O–H groups in total. The molecule has 1 saturated carbocycles. The maximum Gasteiger partial charge on any atom is 0.214 e. The van der Waals surface area contributed by atoms with Gasteiger partial charge in [0, 0.05) is 12.1 Å². The minimum Gasteiger partial charge on any atom is -0.472 e. The number of furan rings is 1. The molecule has 1 unspecified atom stereocenters. The van der Waals surface area contributed by atoms with Gasteiger partial charge in [-0.25, -0.2) is 13.1 Å². The van der Waals surface area contributed by atoms with Crippen LogP contribution in [0.4, 0.5) is 0 Å². The lowest BCUT2D eigenvalue weighted by Gasteiger charge is -2.09. The van der Waals surface area contributed by atoms with Crippen molar-refractivity contribution < 1.29 is 17.9 Å². The highest BCUT2D eigenvalue weighted by molar-refractivity contribution is 7.90. The summed E-state index contributed by atoms with van der Waals surface area (Å²) in [7, 11) is -3.21. The van der Waals surface area contributed by atoms with Gasteiger partial charge in [0.2, 0.25) is 10.0 Å². The van der Waals surface area contributed by atoms with Crippen molar-refractivity contribution in [2.75, 3.05) is 6.54 Å².